The molecule has 0 saturated heterocycles. The minimum Gasteiger partial charge on any atom is -0.323 e. The van der Waals surface area contributed by atoms with Gasteiger partial charge in [0.15, 0.2) is 10.8 Å². The van der Waals surface area contributed by atoms with E-state index in [1.807, 2.05) is 6.07 Å². The number of nitro benzene ring substituents is 1. The number of nitrogens with zero attached hydrogens (tertiary/aromatic N) is 4. The average Bonchev–Trinajstić information content (AvgIpc) is 2.98. The number of amides is 1. The Kier molecular flexibility index (Phi) is 4.38. The summed E-state index contributed by atoms with van der Waals surface area (Å²) in [5.74, 6) is -1.29. The van der Waals surface area contributed by atoms with Crippen molar-refractivity contribution in [2.24, 2.45) is 0 Å². The van der Waals surface area contributed by atoms with E-state index in [0.717, 1.165) is 30.0 Å². The third-order valence-corrected chi connectivity index (χ3v) is 3.99. The molecule has 2 heterocycles. The lowest BCUT2D eigenvalue weighted by atomic mass is 10.2. The summed E-state index contributed by atoms with van der Waals surface area (Å²) < 4.78 is 15.4. The number of carbonyl (C=O) groups is 1. The molecule has 0 bridgehead atoms. The number of aromatic nitrogens is 3. The second kappa shape index (κ2) is 6.62. The summed E-state index contributed by atoms with van der Waals surface area (Å²) in [6, 6.07) is 8.34. The smallest absolute Gasteiger partial charge is 0.271 e. The summed E-state index contributed by atoms with van der Waals surface area (Å²) in [5, 5.41) is 21.5. The van der Waals surface area contributed by atoms with Gasteiger partial charge in [0, 0.05) is 18.3 Å². The molecule has 1 aromatic carbocycles. The van der Waals surface area contributed by atoms with Crippen LogP contribution in [0.2, 0.25) is 0 Å². The van der Waals surface area contributed by atoms with Gasteiger partial charge in [-0.2, -0.15) is 0 Å². The monoisotopic (exact) mass is 347 g/mol. The van der Waals surface area contributed by atoms with Crippen molar-refractivity contribution in [1.82, 2.24) is 14.6 Å². The standard InChI is InChI=1S/C14H10FN5O3S/c15-10-5-4-9(20(22)23)7-11(10)16-13(21)8-24-14-18-17-12-3-1-2-6-19(12)14/h1-7H,8H2,(H,16,21). The first-order valence-electron chi connectivity index (χ1n) is 6.71. The van der Waals surface area contributed by atoms with Crippen molar-refractivity contribution in [1.29, 1.82) is 0 Å². The summed E-state index contributed by atoms with van der Waals surface area (Å²) in [6.07, 6.45) is 1.76. The number of pyridine rings is 1. The SMILES string of the molecule is O=C(CSc1nnc2ccccn12)Nc1cc([N+](=O)[O-])ccc1F. The summed E-state index contributed by atoms with van der Waals surface area (Å²) in [5.41, 5.74) is 0.105. The van der Waals surface area contributed by atoms with Gasteiger partial charge in [-0.15, -0.1) is 10.2 Å². The molecule has 2 aromatic heterocycles. The van der Waals surface area contributed by atoms with Crippen LogP contribution >= 0.6 is 11.8 Å². The van der Waals surface area contributed by atoms with Gasteiger partial charge >= 0.3 is 0 Å². The van der Waals surface area contributed by atoms with E-state index in [1.54, 1.807) is 22.7 Å². The molecule has 24 heavy (non-hydrogen) atoms. The van der Waals surface area contributed by atoms with Crippen LogP contribution in [-0.4, -0.2) is 31.2 Å². The van der Waals surface area contributed by atoms with Crippen molar-refractivity contribution in [2.75, 3.05) is 11.1 Å². The number of nitro groups is 1. The van der Waals surface area contributed by atoms with Gasteiger partial charge in [-0.3, -0.25) is 19.3 Å². The highest BCUT2D eigenvalue weighted by molar-refractivity contribution is 7.99. The lowest BCUT2D eigenvalue weighted by Crippen LogP contribution is -2.15. The van der Waals surface area contributed by atoms with Gasteiger partial charge in [-0.05, 0) is 18.2 Å². The number of halogens is 1. The van der Waals surface area contributed by atoms with E-state index >= 15 is 0 Å². The van der Waals surface area contributed by atoms with Crippen LogP contribution in [0.15, 0.2) is 47.8 Å². The third-order valence-electron chi connectivity index (χ3n) is 3.05. The Morgan fingerprint density at radius 1 is 1.33 bits per heavy atom. The summed E-state index contributed by atoms with van der Waals surface area (Å²) >= 11 is 1.12. The molecule has 8 nitrogen and oxygen atoms in total. The van der Waals surface area contributed by atoms with E-state index in [-0.39, 0.29) is 17.1 Å². The molecule has 1 amide bonds. The van der Waals surface area contributed by atoms with Crippen LogP contribution in [0, 0.1) is 15.9 Å². The predicted molar refractivity (Wildman–Crippen MR) is 85.4 cm³/mol. The lowest BCUT2D eigenvalue weighted by Gasteiger charge is -2.05. The number of hydrogen-bond donors (Lipinski definition) is 1. The number of benzene rings is 1. The molecule has 0 aliphatic carbocycles. The van der Waals surface area contributed by atoms with E-state index in [2.05, 4.69) is 15.5 Å². The maximum absolute atomic E-state index is 13.6. The molecule has 3 aromatic rings. The van der Waals surface area contributed by atoms with Gasteiger partial charge in [0.1, 0.15) is 5.82 Å². The largest absolute Gasteiger partial charge is 0.323 e. The van der Waals surface area contributed by atoms with Gasteiger partial charge in [0.2, 0.25) is 5.91 Å². The Labute approximate surface area is 138 Å². The van der Waals surface area contributed by atoms with E-state index in [4.69, 9.17) is 0 Å². The molecular formula is C14H10FN5O3S. The number of rotatable bonds is 5. The van der Waals surface area contributed by atoms with E-state index in [1.165, 1.54) is 0 Å². The van der Waals surface area contributed by atoms with Crippen molar-refractivity contribution in [3.63, 3.8) is 0 Å². The molecule has 0 spiro atoms. The van der Waals surface area contributed by atoms with E-state index in [9.17, 15) is 19.3 Å². The van der Waals surface area contributed by atoms with Crippen LogP contribution < -0.4 is 5.32 Å². The lowest BCUT2D eigenvalue weighted by molar-refractivity contribution is -0.384. The number of non-ortho nitro benzene ring substituents is 1. The van der Waals surface area contributed by atoms with Gasteiger partial charge in [-0.1, -0.05) is 17.8 Å². The Bertz CT molecular complexity index is 930. The van der Waals surface area contributed by atoms with Crippen LogP contribution in [0.3, 0.4) is 0 Å². The molecule has 0 aliphatic heterocycles. The number of nitrogens with one attached hydrogen (secondary N) is 1. The minimum absolute atomic E-state index is 0.0438. The second-order valence-corrected chi connectivity index (χ2v) is 5.61. The first-order chi connectivity index (χ1) is 11.5. The van der Waals surface area contributed by atoms with E-state index in [0.29, 0.717) is 10.8 Å². The van der Waals surface area contributed by atoms with Gasteiger partial charge in [-0.25, -0.2) is 4.39 Å². The Balaban J connectivity index is 1.68. The number of fused-ring (bicyclic) bond motifs is 1. The molecule has 122 valence electrons. The second-order valence-electron chi connectivity index (χ2n) is 4.67. The third kappa shape index (κ3) is 3.33. The molecule has 0 unspecified atom stereocenters. The van der Waals surface area contributed by atoms with Crippen LogP contribution in [0.5, 0.6) is 0 Å². The van der Waals surface area contributed by atoms with Gasteiger partial charge in [0.25, 0.3) is 5.69 Å². The molecule has 10 heteroatoms. The highest BCUT2D eigenvalue weighted by Gasteiger charge is 2.14. The Morgan fingerprint density at radius 3 is 2.96 bits per heavy atom. The van der Waals surface area contributed by atoms with Gasteiger partial charge in [0.05, 0.1) is 16.4 Å². The fraction of sp³-hybridized carbons (Fsp3) is 0.0714. The zero-order valence-corrected chi connectivity index (χ0v) is 12.9. The van der Waals surface area contributed by atoms with Crippen molar-refractivity contribution in [2.45, 2.75) is 5.16 Å². The molecule has 0 aliphatic rings. The topological polar surface area (TPSA) is 102 Å². The minimum atomic E-state index is -0.744. The van der Waals surface area contributed by atoms with Gasteiger partial charge < -0.3 is 5.32 Å². The molecular weight excluding hydrogens is 337 g/mol. The van der Waals surface area contributed by atoms with Crippen molar-refractivity contribution in [3.8, 4) is 0 Å². The molecule has 3 rings (SSSR count). The normalized spacial score (nSPS) is 10.7. The van der Waals surface area contributed by atoms with Crippen LogP contribution in [0.25, 0.3) is 5.65 Å². The number of thioether (sulfide) groups is 1. The molecule has 0 atom stereocenters. The Hall–Kier alpha value is -3.01. The highest BCUT2D eigenvalue weighted by atomic mass is 32.2. The fourth-order valence-corrected chi connectivity index (χ4v) is 2.68. The summed E-state index contributed by atoms with van der Waals surface area (Å²) in [4.78, 5) is 22.0. The summed E-state index contributed by atoms with van der Waals surface area (Å²) in [7, 11) is 0. The first-order valence-corrected chi connectivity index (χ1v) is 7.69. The molecule has 0 fully saturated rings. The predicted octanol–water partition coefficient (Wildman–Crippen LogP) is 2.51. The maximum atomic E-state index is 13.6. The highest BCUT2D eigenvalue weighted by Crippen LogP contribution is 2.22. The molecule has 0 saturated carbocycles. The zero-order chi connectivity index (χ0) is 17.1. The van der Waals surface area contributed by atoms with Crippen LogP contribution in [0.4, 0.5) is 15.8 Å². The molecule has 1 N–H and O–H groups in total. The number of anilines is 1. The van der Waals surface area contributed by atoms with Crippen molar-refractivity contribution in [3.05, 3.63) is 58.5 Å². The fourth-order valence-electron chi connectivity index (χ4n) is 1.96. The Morgan fingerprint density at radius 2 is 2.17 bits per heavy atom. The van der Waals surface area contributed by atoms with Crippen LogP contribution in [0.1, 0.15) is 0 Å². The molecule has 0 radical (unpaired) electrons. The first kappa shape index (κ1) is 15.9. The number of carbonyl (C=O) groups excluding carboxylic acids is 1. The number of hydrogen-bond acceptors (Lipinski definition) is 6. The maximum Gasteiger partial charge on any atom is 0.271 e. The average molecular weight is 347 g/mol. The van der Waals surface area contributed by atoms with Crippen molar-refractivity contribution >= 4 is 34.7 Å². The van der Waals surface area contributed by atoms with E-state index < -0.39 is 16.6 Å². The van der Waals surface area contributed by atoms with Crippen LogP contribution in [-0.2, 0) is 4.79 Å². The quantitative estimate of drug-likeness (QED) is 0.432. The zero-order valence-electron chi connectivity index (χ0n) is 12.0. The summed E-state index contributed by atoms with van der Waals surface area (Å²) in [6.45, 7) is 0. The van der Waals surface area contributed by atoms with Crippen molar-refractivity contribution < 1.29 is 14.1 Å².